The zero-order valence-electron chi connectivity index (χ0n) is 21.1. The van der Waals surface area contributed by atoms with Gasteiger partial charge in [-0.05, 0) is 53.4 Å². The van der Waals surface area contributed by atoms with Crippen LogP contribution in [0.2, 0.25) is 0 Å². The number of hydrogen-bond acceptors (Lipinski definition) is 6. The second-order valence-corrected chi connectivity index (χ2v) is 9.17. The second-order valence-electron chi connectivity index (χ2n) is 9.17. The fourth-order valence-corrected chi connectivity index (χ4v) is 4.75. The number of nitrogens with one attached hydrogen (secondary N) is 2. The zero-order chi connectivity index (χ0) is 25.9. The van der Waals surface area contributed by atoms with E-state index in [1.54, 1.807) is 10.8 Å². The molecule has 0 amide bonds. The third-order valence-corrected chi connectivity index (χ3v) is 6.60. The summed E-state index contributed by atoms with van der Waals surface area (Å²) in [4.78, 5) is 17.5. The van der Waals surface area contributed by atoms with Crippen molar-refractivity contribution in [3.05, 3.63) is 114 Å². The maximum atomic E-state index is 6.02. The summed E-state index contributed by atoms with van der Waals surface area (Å²) < 4.78 is 1.76. The van der Waals surface area contributed by atoms with Crippen LogP contribution < -0.4 is 11.1 Å². The third-order valence-electron chi connectivity index (χ3n) is 6.60. The number of aromatic nitrogens is 6. The number of aryl methyl sites for hydroxylation is 1. The Bertz CT molecular complexity index is 1710. The molecular weight excluding hydrogens is 472 g/mol. The van der Waals surface area contributed by atoms with Gasteiger partial charge in [-0.15, -0.1) is 0 Å². The van der Waals surface area contributed by atoms with Crippen molar-refractivity contribution in [3.63, 3.8) is 0 Å². The Kier molecular flexibility index (Phi) is 6.47. The van der Waals surface area contributed by atoms with E-state index in [0.717, 1.165) is 45.4 Å². The molecule has 4 aromatic heterocycles. The first-order valence-electron chi connectivity index (χ1n) is 12.6. The molecule has 0 aliphatic rings. The van der Waals surface area contributed by atoms with Crippen molar-refractivity contribution in [3.8, 4) is 33.8 Å². The molecule has 0 saturated carbocycles. The second kappa shape index (κ2) is 10.4. The molecule has 38 heavy (non-hydrogen) atoms. The highest BCUT2D eigenvalue weighted by Crippen LogP contribution is 2.30. The Morgan fingerprint density at radius 3 is 2.45 bits per heavy atom. The van der Waals surface area contributed by atoms with Gasteiger partial charge in [-0.2, -0.15) is 5.10 Å². The molecule has 0 fully saturated rings. The van der Waals surface area contributed by atoms with Gasteiger partial charge < -0.3 is 16.0 Å². The van der Waals surface area contributed by atoms with Gasteiger partial charge in [-0.25, -0.2) is 14.5 Å². The van der Waals surface area contributed by atoms with Crippen molar-refractivity contribution in [1.82, 2.24) is 34.9 Å². The van der Waals surface area contributed by atoms with Crippen LogP contribution in [0.5, 0.6) is 0 Å². The van der Waals surface area contributed by atoms with E-state index in [9.17, 15) is 0 Å². The Morgan fingerprint density at radius 1 is 0.842 bits per heavy atom. The van der Waals surface area contributed by atoms with Gasteiger partial charge in [0.15, 0.2) is 5.65 Å². The number of hydrogen-bond donors (Lipinski definition) is 3. The molecule has 0 atom stereocenters. The first kappa shape index (κ1) is 23.7. The van der Waals surface area contributed by atoms with Crippen LogP contribution in [0.4, 0.5) is 0 Å². The summed E-state index contributed by atoms with van der Waals surface area (Å²) in [6.07, 6.45) is 3.51. The SMILES string of the molecule is Cc1cccc(-c2nc(CNCc3ccccc3-c3ccccc3CN)[nH]c2-c2ccc3ncnn3c2)n1. The molecular formula is C30H28N8. The predicted molar refractivity (Wildman–Crippen MR) is 149 cm³/mol. The van der Waals surface area contributed by atoms with Gasteiger partial charge in [0.05, 0.1) is 17.9 Å². The summed E-state index contributed by atoms with van der Waals surface area (Å²) >= 11 is 0. The number of rotatable bonds is 8. The summed E-state index contributed by atoms with van der Waals surface area (Å²) in [5, 5.41) is 7.87. The van der Waals surface area contributed by atoms with Crippen molar-refractivity contribution in [2.75, 3.05) is 0 Å². The minimum atomic E-state index is 0.503. The van der Waals surface area contributed by atoms with Crippen LogP contribution in [0.25, 0.3) is 39.4 Å². The van der Waals surface area contributed by atoms with E-state index < -0.39 is 0 Å². The van der Waals surface area contributed by atoms with Crippen LogP contribution in [0.1, 0.15) is 22.6 Å². The zero-order valence-corrected chi connectivity index (χ0v) is 21.1. The standard InChI is InChI=1S/C30H28N8/c1-20-7-6-12-26(35-20)30-29(23-13-14-28-33-19-34-38(28)18-23)36-27(37-30)17-32-16-22-9-3-5-11-25(22)24-10-4-2-8-21(24)15-31/h2-14,18-19,32H,15-17,31H2,1H3,(H,36,37). The number of aromatic amines is 1. The number of pyridine rings is 2. The van der Waals surface area contributed by atoms with Gasteiger partial charge in [-0.1, -0.05) is 54.6 Å². The molecule has 0 aliphatic heterocycles. The van der Waals surface area contributed by atoms with E-state index in [4.69, 9.17) is 15.7 Å². The highest BCUT2D eigenvalue weighted by Gasteiger charge is 2.17. The Morgan fingerprint density at radius 2 is 1.63 bits per heavy atom. The van der Waals surface area contributed by atoms with Crippen molar-refractivity contribution in [2.45, 2.75) is 26.6 Å². The van der Waals surface area contributed by atoms with Gasteiger partial charge >= 0.3 is 0 Å². The Balaban J connectivity index is 1.29. The minimum absolute atomic E-state index is 0.503. The number of nitrogens with two attached hydrogens (primary N) is 1. The molecule has 8 heteroatoms. The molecule has 4 heterocycles. The first-order valence-corrected chi connectivity index (χ1v) is 12.6. The monoisotopic (exact) mass is 500 g/mol. The number of benzene rings is 2. The number of fused-ring (bicyclic) bond motifs is 1. The summed E-state index contributed by atoms with van der Waals surface area (Å²) in [6, 6.07) is 26.7. The molecule has 6 rings (SSSR count). The van der Waals surface area contributed by atoms with Gasteiger partial charge in [-0.3, -0.25) is 4.98 Å². The van der Waals surface area contributed by atoms with Crippen molar-refractivity contribution < 1.29 is 0 Å². The molecule has 0 saturated heterocycles. The normalized spacial score (nSPS) is 11.3. The van der Waals surface area contributed by atoms with Gasteiger partial charge in [0.25, 0.3) is 0 Å². The molecule has 0 bridgehead atoms. The maximum Gasteiger partial charge on any atom is 0.155 e. The van der Waals surface area contributed by atoms with E-state index in [1.165, 1.54) is 16.7 Å². The molecule has 0 aliphatic carbocycles. The summed E-state index contributed by atoms with van der Waals surface area (Å²) in [5.41, 5.74) is 15.9. The molecule has 0 unspecified atom stereocenters. The van der Waals surface area contributed by atoms with Crippen molar-refractivity contribution >= 4 is 5.65 Å². The number of nitrogens with zero attached hydrogens (tertiary/aromatic N) is 5. The number of imidazole rings is 1. The lowest BCUT2D eigenvalue weighted by molar-refractivity contribution is 0.670. The Labute approximate surface area is 220 Å². The van der Waals surface area contributed by atoms with Gasteiger partial charge in [0.2, 0.25) is 0 Å². The average molecular weight is 501 g/mol. The molecule has 0 spiro atoms. The number of H-pyrrole nitrogens is 1. The Hall–Kier alpha value is -4.66. The molecule has 2 aromatic carbocycles. The highest BCUT2D eigenvalue weighted by molar-refractivity contribution is 5.77. The van der Waals surface area contributed by atoms with Crippen LogP contribution in [0.15, 0.2) is 91.4 Å². The van der Waals surface area contributed by atoms with Crippen LogP contribution in [-0.4, -0.2) is 29.5 Å². The fraction of sp³-hybridized carbons (Fsp3) is 0.133. The molecule has 4 N–H and O–H groups in total. The molecule has 0 radical (unpaired) electrons. The molecule has 8 nitrogen and oxygen atoms in total. The lowest BCUT2D eigenvalue weighted by atomic mass is 9.95. The largest absolute Gasteiger partial charge is 0.340 e. The van der Waals surface area contributed by atoms with Gasteiger partial charge in [0, 0.05) is 30.5 Å². The summed E-state index contributed by atoms with van der Waals surface area (Å²) in [5.74, 6) is 0.830. The smallest absolute Gasteiger partial charge is 0.155 e. The van der Waals surface area contributed by atoms with E-state index in [0.29, 0.717) is 19.6 Å². The van der Waals surface area contributed by atoms with Crippen molar-refractivity contribution in [2.24, 2.45) is 5.73 Å². The van der Waals surface area contributed by atoms with Crippen LogP contribution >= 0.6 is 0 Å². The van der Waals surface area contributed by atoms with E-state index in [1.807, 2.05) is 49.5 Å². The van der Waals surface area contributed by atoms with Gasteiger partial charge in [0.1, 0.15) is 17.8 Å². The van der Waals surface area contributed by atoms with Crippen molar-refractivity contribution in [1.29, 1.82) is 0 Å². The third kappa shape index (κ3) is 4.70. The van der Waals surface area contributed by atoms with Crippen LogP contribution in [0, 0.1) is 6.92 Å². The minimum Gasteiger partial charge on any atom is -0.340 e. The maximum absolute atomic E-state index is 6.02. The highest BCUT2D eigenvalue weighted by atomic mass is 15.3. The van der Waals surface area contributed by atoms with E-state index in [2.05, 4.69) is 62.8 Å². The summed E-state index contributed by atoms with van der Waals surface area (Å²) in [7, 11) is 0. The van der Waals surface area contributed by atoms with E-state index >= 15 is 0 Å². The molecule has 6 aromatic rings. The van der Waals surface area contributed by atoms with Crippen LogP contribution in [0.3, 0.4) is 0 Å². The average Bonchev–Trinajstić information content (AvgIpc) is 3.60. The first-order chi connectivity index (χ1) is 18.7. The lowest BCUT2D eigenvalue weighted by Crippen LogP contribution is -2.14. The van der Waals surface area contributed by atoms with E-state index in [-0.39, 0.29) is 0 Å². The predicted octanol–water partition coefficient (Wildman–Crippen LogP) is 4.91. The summed E-state index contributed by atoms with van der Waals surface area (Å²) in [6.45, 7) is 3.74. The van der Waals surface area contributed by atoms with Crippen LogP contribution in [-0.2, 0) is 19.6 Å². The molecule has 188 valence electrons. The lowest BCUT2D eigenvalue weighted by Gasteiger charge is -2.13. The topological polar surface area (TPSA) is 110 Å². The quantitative estimate of drug-likeness (QED) is 0.274. The fourth-order valence-electron chi connectivity index (χ4n) is 4.75.